The van der Waals surface area contributed by atoms with Crippen LogP contribution in [0.2, 0.25) is 0 Å². The van der Waals surface area contributed by atoms with E-state index in [4.69, 9.17) is 4.42 Å². The van der Waals surface area contributed by atoms with E-state index in [1.165, 1.54) is 0 Å². The summed E-state index contributed by atoms with van der Waals surface area (Å²) in [4.78, 5) is 36.4. The molecular formula is C34H36N4O3. The normalized spacial score (nSPS) is 11.0. The third-order valence-electron chi connectivity index (χ3n) is 7.34. The van der Waals surface area contributed by atoms with Crippen molar-refractivity contribution < 1.29 is 14.0 Å². The molecule has 0 aliphatic carbocycles. The number of hydrogen-bond donors (Lipinski definition) is 1. The molecule has 0 aliphatic heterocycles. The number of rotatable bonds is 11. The fraction of sp³-hybridized carbons (Fsp3) is 0.235. The zero-order chi connectivity index (χ0) is 28.8. The van der Waals surface area contributed by atoms with Crippen LogP contribution in [0, 0.1) is 6.92 Å². The summed E-state index contributed by atoms with van der Waals surface area (Å²) in [6.45, 7) is 3.09. The number of anilines is 1. The highest BCUT2D eigenvalue weighted by Crippen LogP contribution is 2.20. The molecule has 0 atom stereocenters. The van der Waals surface area contributed by atoms with Gasteiger partial charge in [-0.3, -0.25) is 9.59 Å². The number of aromatic nitrogens is 1. The minimum atomic E-state index is -0.207. The van der Waals surface area contributed by atoms with Crippen LogP contribution in [-0.4, -0.2) is 53.8 Å². The molecule has 210 valence electrons. The molecule has 2 aromatic heterocycles. The van der Waals surface area contributed by atoms with Crippen LogP contribution < -0.4 is 4.90 Å². The average Bonchev–Trinajstić information content (AvgIpc) is 3.65. The Morgan fingerprint density at radius 1 is 0.829 bits per heavy atom. The minimum Gasteiger partial charge on any atom is -0.467 e. The standard InChI is InChI=1S/C34H36N4O3/c1-25-10-14-27(15-11-25)34(40)38(23-30-7-6-20-41-30)24-33(39)37(22-26-12-16-29(17-13-26)36(2)3)19-18-28-21-35-32-9-5-4-8-31(28)32/h4-17,20-21,35H,18-19,22-24H2,1-3H3. The zero-order valence-electron chi connectivity index (χ0n) is 23.8. The highest BCUT2D eigenvalue weighted by atomic mass is 16.3. The van der Waals surface area contributed by atoms with E-state index in [9.17, 15) is 9.59 Å². The number of nitrogens with one attached hydrogen (secondary N) is 1. The van der Waals surface area contributed by atoms with Crippen LogP contribution in [0.5, 0.6) is 0 Å². The molecular weight excluding hydrogens is 512 g/mol. The van der Waals surface area contributed by atoms with Crippen LogP contribution in [0.3, 0.4) is 0 Å². The number of fused-ring (bicyclic) bond motifs is 1. The molecule has 0 radical (unpaired) electrons. The van der Waals surface area contributed by atoms with Crippen molar-refractivity contribution >= 4 is 28.4 Å². The molecule has 2 heterocycles. The number of H-pyrrole nitrogens is 1. The number of hydrogen-bond acceptors (Lipinski definition) is 4. The number of para-hydroxylation sites is 1. The minimum absolute atomic E-state index is 0.0585. The van der Waals surface area contributed by atoms with Gasteiger partial charge in [0.1, 0.15) is 12.3 Å². The first-order valence-corrected chi connectivity index (χ1v) is 13.8. The highest BCUT2D eigenvalue weighted by molar-refractivity contribution is 5.96. The molecule has 0 saturated carbocycles. The molecule has 5 rings (SSSR count). The zero-order valence-corrected chi connectivity index (χ0v) is 23.8. The van der Waals surface area contributed by atoms with Crippen molar-refractivity contribution in [3.05, 3.63) is 125 Å². The number of carbonyl (C=O) groups excluding carboxylic acids is 2. The second-order valence-corrected chi connectivity index (χ2v) is 10.6. The van der Waals surface area contributed by atoms with E-state index in [1.54, 1.807) is 29.4 Å². The molecule has 41 heavy (non-hydrogen) atoms. The van der Waals surface area contributed by atoms with Crippen molar-refractivity contribution in [1.82, 2.24) is 14.8 Å². The first kappa shape index (κ1) is 27.8. The van der Waals surface area contributed by atoms with Gasteiger partial charge in [-0.25, -0.2) is 0 Å². The molecule has 2 amide bonds. The fourth-order valence-corrected chi connectivity index (χ4v) is 4.94. The highest BCUT2D eigenvalue weighted by Gasteiger charge is 2.24. The molecule has 3 aromatic carbocycles. The lowest BCUT2D eigenvalue weighted by Crippen LogP contribution is -2.43. The first-order chi connectivity index (χ1) is 19.9. The Morgan fingerprint density at radius 2 is 1.59 bits per heavy atom. The molecule has 7 heteroatoms. The predicted octanol–water partition coefficient (Wildman–Crippen LogP) is 6.05. The number of furan rings is 1. The van der Waals surface area contributed by atoms with Crippen molar-refractivity contribution in [3.63, 3.8) is 0 Å². The average molecular weight is 549 g/mol. The van der Waals surface area contributed by atoms with Gasteiger partial charge in [0.05, 0.1) is 12.8 Å². The molecule has 1 N–H and O–H groups in total. The van der Waals surface area contributed by atoms with Crippen molar-refractivity contribution in [3.8, 4) is 0 Å². The van der Waals surface area contributed by atoms with Crippen LogP contribution in [0.15, 0.2) is 102 Å². The summed E-state index contributed by atoms with van der Waals surface area (Å²) < 4.78 is 5.55. The summed E-state index contributed by atoms with van der Waals surface area (Å²) in [5.74, 6) is 0.304. The Balaban J connectivity index is 1.39. The number of carbonyl (C=O) groups is 2. The Labute approximate surface area is 241 Å². The van der Waals surface area contributed by atoms with E-state index in [0.717, 1.165) is 33.3 Å². The lowest BCUT2D eigenvalue weighted by molar-refractivity contribution is -0.132. The second kappa shape index (κ2) is 12.6. The SMILES string of the molecule is Cc1ccc(C(=O)N(CC(=O)N(CCc2c[nH]c3ccccc23)Cc2ccc(N(C)C)cc2)Cc2ccco2)cc1. The van der Waals surface area contributed by atoms with E-state index >= 15 is 0 Å². The van der Waals surface area contributed by atoms with Gasteiger partial charge in [0.15, 0.2) is 0 Å². The van der Waals surface area contributed by atoms with E-state index in [1.807, 2.05) is 67.3 Å². The van der Waals surface area contributed by atoms with Crippen LogP contribution in [0.4, 0.5) is 5.69 Å². The number of amides is 2. The third-order valence-corrected chi connectivity index (χ3v) is 7.34. The van der Waals surface area contributed by atoms with Gasteiger partial charge in [-0.2, -0.15) is 0 Å². The number of aryl methyl sites for hydroxylation is 1. The van der Waals surface area contributed by atoms with E-state index in [0.29, 0.717) is 30.8 Å². The molecule has 0 aliphatic rings. The van der Waals surface area contributed by atoms with Crippen LogP contribution >= 0.6 is 0 Å². The van der Waals surface area contributed by atoms with Crippen LogP contribution in [0.1, 0.15) is 32.8 Å². The molecule has 0 bridgehead atoms. The van der Waals surface area contributed by atoms with Gasteiger partial charge in [-0.05, 0) is 66.9 Å². The Kier molecular flexibility index (Phi) is 8.53. The monoisotopic (exact) mass is 548 g/mol. The maximum absolute atomic E-state index is 14.0. The Hall–Kier alpha value is -4.78. The van der Waals surface area contributed by atoms with Crippen molar-refractivity contribution in [2.24, 2.45) is 0 Å². The van der Waals surface area contributed by atoms with Gasteiger partial charge in [-0.15, -0.1) is 0 Å². The van der Waals surface area contributed by atoms with Gasteiger partial charge in [-0.1, -0.05) is 48.0 Å². The summed E-state index contributed by atoms with van der Waals surface area (Å²) in [6.07, 6.45) is 4.29. The predicted molar refractivity (Wildman–Crippen MR) is 163 cm³/mol. The quantitative estimate of drug-likeness (QED) is 0.218. The lowest BCUT2D eigenvalue weighted by Gasteiger charge is -2.28. The molecule has 0 spiro atoms. The largest absolute Gasteiger partial charge is 0.467 e. The Bertz CT molecular complexity index is 1590. The van der Waals surface area contributed by atoms with Gasteiger partial charge >= 0.3 is 0 Å². The Morgan fingerprint density at radius 3 is 2.29 bits per heavy atom. The van der Waals surface area contributed by atoms with E-state index in [-0.39, 0.29) is 24.9 Å². The number of aromatic amines is 1. The maximum atomic E-state index is 14.0. The number of nitrogens with zero attached hydrogens (tertiary/aromatic N) is 3. The maximum Gasteiger partial charge on any atom is 0.254 e. The summed E-state index contributed by atoms with van der Waals surface area (Å²) in [6, 6.07) is 27.4. The topological polar surface area (TPSA) is 72.8 Å². The third kappa shape index (κ3) is 6.87. The smallest absolute Gasteiger partial charge is 0.254 e. The lowest BCUT2D eigenvalue weighted by atomic mass is 10.1. The summed E-state index contributed by atoms with van der Waals surface area (Å²) >= 11 is 0. The number of benzene rings is 3. The first-order valence-electron chi connectivity index (χ1n) is 13.8. The van der Waals surface area contributed by atoms with Crippen molar-refractivity contribution in [2.75, 3.05) is 32.1 Å². The van der Waals surface area contributed by atoms with Crippen molar-refractivity contribution in [1.29, 1.82) is 0 Å². The van der Waals surface area contributed by atoms with Gasteiger partial charge in [0.25, 0.3) is 5.91 Å². The van der Waals surface area contributed by atoms with E-state index in [2.05, 4.69) is 41.4 Å². The summed E-state index contributed by atoms with van der Waals surface area (Å²) in [5, 5.41) is 1.16. The molecule has 5 aromatic rings. The van der Waals surface area contributed by atoms with Gasteiger partial charge in [0.2, 0.25) is 5.91 Å². The summed E-state index contributed by atoms with van der Waals surface area (Å²) in [5.41, 5.74) is 5.97. The van der Waals surface area contributed by atoms with Crippen LogP contribution in [0.25, 0.3) is 10.9 Å². The molecule has 0 unspecified atom stereocenters. The molecule has 7 nitrogen and oxygen atoms in total. The molecule has 0 fully saturated rings. The van der Waals surface area contributed by atoms with E-state index < -0.39 is 0 Å². The summed E-state index contributed by atoms with van der Waals surface area (Å²) in [7, 11) is 4.01. The fourth-order valence-electron chi connectivity index (χ4n) is 4.94. The van der Waals surface area contributed by atoms with Crippen LogP contribution in [-0.2, 0) is 24.3 Å². The van der Waals surface area contributed by atoms with Crippen molar-refractivity contribution in [2.45, 2.75) is 26.4 Å². The van der Waals surface area contributed by atoms with Gasteiger partial charge < -0.3 is 24.1 Å². The molecule has 0 saturated heterocycles. The van der Waals surface area contributed by atoms with Gasteiger partial charge in [0, 0.05) is 55.5 Å². The second-order valence-electron chi connectivity index (χ2n) is 10.6.